The maximum Gasteiger partial charge on any atom is 0.409 e. The van der Waals surface area contributed by atoms with E-state index in [1.165, 1.54) is 10.7 Å². The molecule has 2 aliphatic heterocycles. The van der Waals surface area contributed by atoms with Gasteiger partial charge in [0, 0.05) is 44.8 Å². The number of hydrogen-bond acceptors (Lipinski definition) is 8. The normalized spacial score (nSPS) is 18.4. The summed E-state index contributed by atoms with van der Waals surface area (Å²) < 4.78 is 12.7. The van der Waals surface area contributed by atoms with Gasteiger partial charge in [0.05, 0.1) is 12.3 Å². The van der Waals surface area contributed by atoms with Crippen LogP contribution in [0.15, 0.2) is 36.4 Å². The molecular formula is C35H49N7O7. The second kappa shape index (κ2) is 17.2. The molecule has 3 fully saturated rings. The van der Waals surface area contributed by atoms with Crippen molar-refractivity contribution in [3.05, 3.63) is 42.1 Å². The second-order valence-electron chi connectivity index (χ2n) is 12.9. The van der Waals surface area contributed by atoms with Crippen LogP contribution in [-0.4, -0.2) is 118 Å². The Labute approximate surface area is 287 Å². The summed E-state index contributed by atoms with van der Waals surface area (Å²) in [6, 6.07) is 9.43. The number of unbranched alkanes of at least 4 members (excludes halogenated alkanes) is 1. The van der Waals surface area contributed by atoms with E-state index in [2.05, 4.69) is 15.7 Å². The maximum absolute atomic E-state index is 13.6. The molecule has 0 radical (unpaired) electrons. The molecule has 2 aromatic rings. The van der Waals surface area contributed by atoms with Crippen molar-refractivity contribution in [2.24, 2.45) is 0 Å². The number of hydrogen-bond donors (Lipinski definition) is 2. The van der Waals surface area contributed by atoms with Gasteiger partial charge < -0.3 is 34.8 Å². The zero-order chi connectivity index (χ0) is 34.8. The monoisotopic (exact) mass is 679 g/mol. The molecule has 3 heterocycles. The molecule has 1 saturated carbocycles. The predicted octanol–water partition coefficient (Wildman–Crippen LogP) is 2.89. The van der Waals surface area contributed by atoms with Crippen molar-refractivity contribution in [1.82, 2.24) is 35.1 Å². The fraction of sp³-hybridized carbons (Fsp3) is 0.600. The largest absolute Gasteiger partial charge is 0.467 e. The van der Waals surface area contributed by atoms with Crippen LogP contribution in [0.1, 0.15) is 82.1 Å². The first-order chi connectivity index (χ1) is 23.8. The molecule has 0 spiro atoms. The SMILES string of the molecule is CCCCOC(=O)N1CCN(C(=O)C(CCC)NC(=O)c2cc(OCC(=O)N3CCCC3C(=O)NC3CCC3)n(-c3ccccc3)n2)CC1. The van der Waals surface area contributed by atoms with Crippen molar-refractivity contribution in [3.8, 4) is 11.6 Å². The van der Waals surface area contributed by atoms with Gasteiger partial charge in [-0.2, -0.15) is 5.10 Å². The van der Waals surface area contributed by atoms with E-state index >= 15 is 0 Å². The Morgan fingerprint density at radius 2 is 1.65 bits per heavy atom. The number of amides is 5. The minimum Gasteiger partial charge on any atom is -0.467 e. The number of nitrogens with one attached hydrogen (secondary N) is 2. The standard InChI is InChI=1S/C35H49N7O7/c1-3-5-22-48-35(47)40-20-18-39(19-21-40)34(46)27(11-4-2)37-32(44)28-23-31(42(38-28)26-14-7-6-8-15-26)49-24-30(43)41-17-10-16-29(41)33(45)36-25-12-9-13-25/h6-8,14-15,23,25,27,29H,3-5,9-13,16-22,24H2,1-2H3,(H,36,45)(H,37,44). The van der Waals surface area contributed by atoms with E-state index in [0.717, 1.165) is 38.5 Å². The van der Waals surface area contributed by atoms with Crippen molar-refractivity contribution in [2.45, 2.75) is 89.8 Å². The average Bonchev–Trinajstić information content (AvgIpc) is 3.77. The van der Waals surface area contributed by atoms with Crippen LogP contribution in [-0.2, 0) is 19.1 Å². The van der Waals surface area contributed by atoms with Crippen LogP contribution in [0.3, 0.4) is 0 Å². The Balaban J connectivity index is 1.22. The lowest BCUT2D eigenvalue weighted by molar-refractivity contribution is -0.140. The molecule has 266 valence electrons. The Hall–Kier alpha value is -4.62. The molecule has 2 unspecified atom stereocenters. The summed E-state index contributed by atoms with van der Waals surface area (Å²) in [5.41, 5.74) is 0.647. The highest BCUT2D eigenvalue weighted by Gasteiger charge is 2.36. The van der Waals surface area contributed by atoms with Gasteiger partial charge in [-0.1, -0.05) is 44.9 Å². The van der Waals surface area contributed by atoms with Crippen LogP contribution in [0.4, 0.5) is 4.79 Å². The number of carbonyl (C=O) groups is 5. The van der Waals surface area contributed by atoms with E-state index in [9.17, 15) is 24.0 Å². The highest BCUT2D eigenvalue weighted by atomic mass is 16.6. The molecule has 1 aromatic carbocycles. The van der Waals surface area contributed by atoms with E-state index in [1.807, 2.05) is 32.0 Å². The van der Waals surface area contributed by atoms with Crippen molar-refractivity contribution >= 4 is 29.7 Å². The lowest BCUT2D eigenvalue weighted by Gasteiger charge is -2.36. The smallest absolute Gasteiger partial charge is 0.409 e. The predicted molar refractivity (Wildman–Crippen MR) is 180 cm³/mol. The Morgan fingerprint density at radius 1 is 0.918 bits per heavy atom. The fourth-order valence-corrected chi connectivity index (χ4v) is 6.24. The zero-order valence-corrected chi connectivity index (χ0v) is 28.6. The molecule has 5 amide bonds. The number of piperazine rings is 1. The first-order valence-corrected chi connectivity index (χ1v) is 17.7. The third-order valence-electron chi connectivity index (χ3n) is 9.33. The fourth-order valence-electron chi connectivity index (χ4n) is 6.24. The second-order valence-corrected chi connectivity index (χ2v) is 12.9. The molecule has 2 saturated heterocycles. The average molecular weight is 680 g/mol. The van der Waals surface area contributed by atoms with Gasteiger partial charge in [-0.25, -0.2) is 9.48 Å². The van der Waals surface area contributed by atoms with Crippen molar-refractivity contribution in [1.29, 1.82) is 0 Å². The van der Waals surface area contributed by atoms with Gasteiger partial charge in [0.1, 0.15) is 12.1 Å². The molecule has 14 heteroatoms. The molecule has 49 heavy (non-hydrogen) atoms. The minimum atomic E-state index is -0.786. The molecule has 5 rings (SSSR count). The third kappa shape index (κ3) is 9.09. The number of likely N-dealkylation sites (tertiary alicyclic amines) is 1. The number of rotatable bonds is 14. The van der Waals surface area contributed by atoms with Gasteiger partial charge in [0.2, 0.25) is 17.7 Å². The molecule has 1 aliphatic carbocycles. The first kappa shape index (κ1) is 35.7. The van der Waals surface area contributed by atoms with E-state index in [4.69, 9.17) is 9.47 Å². The van der Waals surface area contributed by atoms with Crippen molar-refractivity contribution in [2.75, 3.05) is 45.9 Å². The highest BCUT2D eigenvalue weighted by Crippen LogP contribution is 2.24. The molecule has 0 bridgehead atoms. The Kier molecular flexibility index (Phi) is 12.5. The van der Waals surface area contributed by atoms with Crippen LogP contribution in [0.25, 0.3) is 5.69 Å². The van der Waals surface area contributed by atoms with E-state index in [-0.39, 0.29) is 48.0 Å². The quantitative estimate of drug-likeness (QED) is 0.289. The molecule has 3 aliphatic rings. The van der Waals surface area contributed by atoms with Crippen molar-refractivity contribution in [3.63, 3.8) is 0 Å². The summed E-state index contributed by atoms with van der Waals surface area (Å²) in [6.07, 6.45) is 6.83. The first-order valence-electron chi connectivity index (χ1n) is 17.7. The number of nitrogens with zero attached hydrogens (tertiary/aromatic N) is 5. The zero-order valence-electron chi connectivity index (χ0n) is 28.6. The van der Waals surface area contributed by atoms with Crippen molar-refractivity contribution < 1.29 is 33.4 Å². The molecule has 2 atom stereocenters. The summed E-state index contributed by atoms with van der Waals surface area (Å²) >= 11 is 0. The lowest BCUT2D eigenvalue weighted by atomic mass is 9.93. The third-order valence-corrected chi connectivity index (χ3v) is 9.33. The minimum absolute atomic E-state index is 0.0266. The molecular weight excluding hydrogens is 630 g/mol. The lowest BCUT2D eigenvalue weighted by Crippen LogP contribution is -2.56. The number of carbonyl (C=O) groups excluding carboxylic acids is 5. The maximum atomic E-state index is 13.6. The highest BCUT2D eigenvalue weighted by molar-refractivity contribution is 5.96. The molecule has 14 nitrogen and oxygen atoms in total. The summed E-state index contributed by atoms with van der Waals surface area (Å²) in [6.45, 7) is 5.87. The van der Waals surface area contributed by atoms with Gasteiger partial charge in [0.15, 0.2) is 12.3 Å². The van der Waals surface area contributed by atoms with E-state index in [0.29, 0.717) is 64.3 Å². The van der Waals surface area contributed by atoms with Gasteiger partial charge >= 0.3 is 6.09 Å². The van der Waals surface area contributed by atoms with Gasteiger partial charge in [-0.05, 0) is 57.1 Å². The van der Waals surface area contributed by atoms with Crippen LogP contribution in [0, 0.1) is 0 Å². The number of ether oxygens (including phenoxy) is 2. The van der Waals surface area contributed by atoms with Crippen LogP contribution in [0.5, 0.6) is 5.88 Å². The van der Waals surface area contributed by atoms with Crippen LogP contribution >= 0.6 is 0 Å². The van der Waals surface area contributed by atoms with Gasteiger partial charge in [-0.15, -0.1) is 0 Å². The van der Waals surface area contributed by atoms with Gasteiger partial charge in [-0.3, -0.25) is 19.2 Å². The van der Waals surface area contributed by atoms with Gasteiger partial charge in [0.25, 0.3) is 11.8 Å². The van der Waals surface area contributed by atoms with E-state index < -0.39 is 18.0 Å². The number of benzene rings is 1. The molecule has 2 N–H and O–H groups in total. The Bertz CT molecular complexity index is 1450. The number of aromatic nitrogens is 2. The van der Waals surface area contributed by atoms with E-state index in [1.54, 1.807) is 26.8 Å². The topological polar surface area (TPSA) is 155 Å². The van der Waals surface area contributed by atoms with Crippen LogP contribution in [0.2, 0.25) is 0 Å². The Morgan fingerprint density at radius 3 is 2.33 bits per heavy atom. The number of para-hydroxylation sites is 1. The van der Waals surface area contributed by atoms with Crippen LogP contribution < -0.4 is 15.4 Å². The summed E-state index contributed by atoms with van der Waals surface area (Å²) in [5.74, 6) is -1.03. The summed E-state index contributed by atoms with van der Waals surface area (Å²) in [4.78, 5) is 70.5. The summed E-state index contributed by atoms with van der Waals surface area (Å²) in [5, 5.41) is 10.4. The summed E-state index contributed by atoms with van der Waals surface area (Å²) in [7, 11) is 0. The molecule has 1 aromatic heterocycles.